The highest BCUT2D eigenvalue weighted by molar-refractivity contribution is 7.99. The summed E-state index contributed by atoms with van der Waals surface area (Å²) >= 11 is 1.41. The Labute approximate surface area is 173 Å². The summed E-state index contributed by atoms with van der Waals surface area (Å²) in [7, 11) is 3.42. The summed E-state index contributed by atoms with van der Waals surface area (Å²) in [6.45, 7) is 3.47. The number of thioether (sulfide) groups is 1. The first-order valence-electron chi connectivity index (χ1n) is 9.64. The van der Waals surface area contributed by atoms with Gasteiger partial charge in [0.05, 0.1) is 12.9 Å². The number of hydrogen-bond acceptors (Lipinski definition) is 6. The van der Waals surface area contributed by atoms with Crippen molar-refractivity contribution in [2.24, 2.45) is 7.05 Å². The van der Waals surface area contributed by atoms with Crippen molar-refractivity contribution in [3.63, 3.8) is 0 Å². The van der Waals surface area contributed by atoms with E-state index in [0.717, 1.165) is 30.6 Å². The lowest BCUT2D eigenvalue weighted by Crippen LogP contribution is -2.36. The van der Waals surface area contributed by atoms with E-state index in [1.165, 1.54) is 17.3 Å². The van der Waals surface area contributed by atoms with E-state index in [1.54, 1.807) is 11.8 Å². The normalized spacial score (nSPS) is 13.4. The van der Waals surface area contributed by atoms with E-state index >= 15 is 0 Å². The Morgan fingerprint density at radius 2 is 2.10 bits per heavy atom. The number of aryl methyl sites for hydroxylation is 2. The van der Waals surface area contributed by atoms with Gasteiger partial charge in [0.25, 0.3) is 0 Å². The van der Waals surface area contributed by atoms with E-state index in [4.69, 9.17) is 4.74 Å². The molecule has 2 aromatic heterocycles. The lowest BCUT2D eigenvalue weighted by molar-refractivity contribution is -0.116. The van der Waals surface area contributed by atoms with Crippen LogP contribution in [0.1, 0.15) is 18.9 Å². The molecule has 0 atom stereocenters. The van der Waals surface area contributed by atoms with Gasteiger partial charge in [0.2, 0.25) is 11.8 Å². The van der Waals surface area contributed by atoms with E-state index in [-0.39, 0.29) is 5.91 Å². The first-order valence-corrected chi connectivity index (χ1v) is 10.6. The number of para-hydroxylation sites is 1. The van der Waals surface area contributed by atoms with Crippen molar-refractivity contribution in [2.45, 2.75) is 31.5 Å². The molecule has 0 aliphatic carbocycles. The lowest BCUT2D eigenvalue weighted by Gasteiger charge is -2.29. The molecule has 0 fully saturated rings. The summed E-state index contributed by atoms with van der Waals surface area (Å²) < 4.78 is 9.03. The molecule has 1 amide bonds. The molecule has 0 unspecified atom stereocenters. The zero-order valence-electron chi connectivity index (χ0n) is 16.8. The maximum atomic E-state index is 12.9. The van der Waals surface area contributed by atoms with Crippen molar-refractivity contribution in [1.82, 2.24) is 24.5 Å². The summed E-state index contributed by atoms with van der Waals surface area (Å²) in [6, 6.07) is 8.14. The second-order valence-corrected chi connectivity index (χ2v) is 7.78. The van der Waals surface area contributed by atoms with Crippen molar-refractivity contribution in [3.05, 3.63) is 36.0 Å². The minimum atomic E-state index is 0.0910. The zero-order chi connectivity index (χ0) is 20.4. The first-order chi connectivity index (χ1) is 14.1. The monoisotopic (exact) mass is 412 g/mol. The van der Waals surface area contributed by atoms with Crippen LogP contribution < -0.4 is 9.64 Å². The summed E-state index contributed by atoms with van der Waals surface area (Å²) in [5, 5.41) is 13.7. The van der Waals surface area contributed by atoms with E-state index in [2.05, 4.69) is 21.4 Å². The molecule has 1 aliphatic rings. The highest BCUT2D eigenvalue weighted by Gasteiger charge is 2.24. The topological polar surface area (TPSA) is 78.1 Å². The molecule has 0 saturated carbocycles. The van der Waals surface area contributed by atoms with Crippen LogP contribution in [0.5, 0.6) is 5.88 Å². The number of aromatic nitrogens is 5. The number of anilines is 1. The average Bonchev–Trinajstić information content (AvgIpc) is 3.33. The predicted octanol–water partition coefficient (Wildman–Crippen LogP) is 2.78. The number of amides is 1. The van der Waals surface area contributed by atoms with E-state index in [1.807, 2.05) is 47.8 Å². The van der Waals surface area contributed by atoms with Gasteiger partial charge in [-0.2, -0.15) is 0 Å². The van der Waals surface area contributed by atoms with Gasteiger partial charge in [-0.1, -0.05) is 30.0 Å². The maximum absolute atomic E-state index is 12.9. The number of carbonyl (C=O) groups excluding carboxylic acids is 1. The standard InChI is InChI=1S/C20H24N6O2S/c1-4-25-18(15-12-24(2)23-19(15)28-3)21-22-20(25)29-13-17(27)26-11-7-9-14-8-5-6-10-16(14)26/h5-6,8,10,12H,4,7,9,11,13H2,1-3H3. The molecule has 3 heterocycles. The number of fused-ring (bicyclic) bond motifs is 1. The molecule has 0 spiro atoms. The fraction of sp³-hybridized carbons (Fsp3) is 0.400. The smallest absolute Gasteiger partial charge is 0.243 e. The van der Waals surface area contributed by atoms with Crippen LogP contribution in [0.15, 0.2) is 35.6 Å². The molecule has 0 N–H and O–H groups in total. The molecule has 152 valence electrons. The van der Waals surface area contributed by atoms with Crippen LogP contribution in [0, 0.1) is 0 Å². The van der Waals surface area contributed by atoms with Gasteiger partial charge in [0.15, 0.2) is 11.0 Å². The Kier molecular flexibility index (Phi) is 5.57. The van der Waals surface area contributed by atoms with Crippen LogP contribution in [0.25, 0.3) is 11.4 Å². The Morgan fingerprint density at radius 3 is 2.90 bits per heavy atom. The van der Waals surface area contributed by atoms with Crippen LogP contribution in [-0.4, -0.2) is 49.9 Å². The molecule has 1 aliphatic heterocycles. The Bertz CT molecular complexity index is 1030. The van der Waals surface area contributed by atoms with Crippen molar-refractivity contribution in [3.8, 4) is 17.3 Å². The second kappa shape index (κ2) is 8.28. The van der Waals surface area contributed by atoms with Gasteiger partial charge < -0.3 is 14.2 Å². The molecule has 3 aromatic rings. The van der Waals surface area contributed by atoms with Gasteiger partial charge in [0, 0.05) is 32.0 Å². The first kappa shape index (κ1) is 19.5. The van der Waals surface area contributed by atoms with Gasteiger partial charge in [-0.25, -0.2) is 0 Å². The highest BCUT2D eigenvalue weighted by Crippen LogP contribution is 2.31. The maximum Gasteiger partial charge on any atom is 0.243 e. The third kappa shape index (κ3) is 3.74. The van der Waals surface area contributed by atoms with Crippen molar-refractivity contribution < 1.29 is 9.53 Å². The SMILES string of the molecule is CCn1c(SCC(=O)N2CCCc3ccccc32)nnc1-c1cn(C)nc1OC. The summed E-state index contributed by atoms with van der Waals surface area (Å²) in [4.78, 5) is 14.8. The number of carbonyl (C=O) groups is 1. The van der Waals surface area contributed by atoms with Gasteiger partial charge in [-0.15, -0.1) is 15.3 Å². The Balaban J connectivity index is 1.52. The summed E-state index contributed by atoms with van der Waals surface area (Å²) in [5.41, 5.74) is 3.05. The van der Waals surface area contributed by atoms with E-state index in [9.17, 15) is 4.79 Å². The van der Waals surface area contributed by atoms with E-state index < -0.39 is 0 Å². The number of rotatable bonds is 6. The average molecular weight is 413 g/mol. The molecular formula is C20H24N6O2S. The van der Waals surface area contributed by atoms with Gasteiger partial charge in [-0.3, -0.25) is 9.48 Å². The van der Waals surface area contributed by atoms with Crippen molar-refractivity contribution >= 4 is 23.4 Å². The molecule has 1 aromatic carbocycles. The molecule has 9 heteroatoms. The number of hydrogen-bond donors (Lipinski definition) is 0. The summed E-state index contributed by atoms with van der Waals surface area (Å²) in [5.74, 6) is 1.60. The van der Waals surface area contributed by atoms with Crippen molar-refractivity contribution in [2.75, 3.05) is 24.3 Å². The fourth-order valence-corrected chi connectivity index (χ4v) is 4.53. The Hall–Kier alpha value is -2.81. The largest absolute Gasteiger partial charge is 0.479 e. The minimum Gasteiger partial charge on any atom is -0.479 e. The lowest BCUT2D eigenvalue weighted by atomic mass is 10.0. The molecule has 4 rings (SSSR count). The van der Waals surface area contributed by atoms with Crippen LogP contribution in [-0.2, 0) is 24.8 Å². The van der Waals surface area contributed by atoms with Crippen LogP contribution in [0.3, 0.4) is 0 Å². The van der Waals surface area contributed by atoms with Crippen LogP contribution >= 0.6 is 11.8 Å². The van der Waals surface area contributed by atoms with Gasteiger partial charge in [0.1, 0.15) is 5.56 Å². The van der Waals surface area contributed by atoms with Gasteiger partial charge >= 0.3 is 0 Å². The highest BCUT2D eigenvalue weighted by atomic mass is 32.2. The zero-order valence-corrected chi connectivity index (χ0v) is 17.6. The van der Waals surface area contributed by atoms with E-state index in [0.29, 0.717) is 29.2 Å². The molecule has 29 heavy (non-hydrogen) atoms. The van der Waals surface area contributed by atoms with Crippen molar-refractivity contribution in [1.29, 1.82) is 0 Å². The molecule has 0 bridgehead atoms. The second-order valence-electron chi connectivity index (χ2n) is 6.84. The quantitative estimate of drug-likeness (QED) is 0.580. The summed E-state index contributed by atoms with van der Waals surface area (Å²) in [6.07, 6.45) is 3.87. The van der Waals surface area contributed by atoms with Crippen LogP contribution in [0.4, 0.5) is 5.69 Å². The molecular weight excluding hydrogens is 388 g/mol. The molecule has 0 saturated heterocycles. The molecule has 8 nitrogen and oxygen atoms in total. The number of nitrogens with zero attached hydrogens (tertiary/aromatic N) is 6. The minimum absolute atomic E-state index is 0.0910. The Morgan fingerprint density at radius 1 is 1.28 bits per heavy atom. The number of benzene rings is 1. The third-order valence-corrected chi connectivity index (χ3v) is 5.95. The molecule has 0 radical (unpaired) electrons. The van der Waals surface area contributed by atoms with Crippen LogP contribution in [0.2, 0.25) is 0 Å². The number of ether oxygens (including phenoxy) is 1. The fourth-order valence-electron chi connectivity index (χ4n) is 3.65. The third-order valence-electron chi connectivity index (χ3n) is 5.00. The number of methoxy groups -OCH3 is 1. The predicted molar refractivity (Wildman–Crippen MR) is 112 cm³/mol. The van der Waals surface area contributed by atoms with Gasteiger partial charge in [-0.05, 0) is 31.4 Å².